The highest BCUT2D eigenvalue weighted by molar-refractivity contribution is 5.91. The van der Waals surface area contributed by atoms with Gasteiger partial charge in [0.25, 0.3) is 5.56 Å². The van der Waals surface area contributed by atoms with Crippen LogP contribution in [0.15, 0.2) is 80.9 Å². The Hall–Kier alpha value is -4.40. The summed E-state index contributed by atoms with van der Waals surface area (Å²) < 4.78 is 7.66. The highest BCUT2D eigenvalue weighted by Gasteiger charge is 2.15. The first-order valence-electron chi connectivity index (χ1n) is 12.4. The van der Waals surface area contributed by atoms with Crippen LogP contribution in [-0.2, 0) is 35.6 Å². The summed E-state index contributed by atoms with van der Waals surface area (Å²) in [5.41, 5.74) is 1.19. The van der Waals surface area contributed by atoms with E-state index >= 15 is 0 Å². The van der Waals surface area contributed by atoms with E-state index in [0.717, 1.165) is 16.6 Å². The number of nitrogens with zero attached hydrogens (tertiary/aromatic N) is 2. The quantitative estimate of drug-likeness (QED) is 0.305. The van der Waals surface area contributed by atoms with Crippen molar-refractivity contribution in [1.29, 1.82) is 0 Å². The third-order valence-corrected chi connectivity index (χ3v) is 6.13. The maximum absolute atomic E-state index is 13.3. The number of rotatable bonds is 11. The lowest BCUT2D eigenvalue weighted by molar-refractivity contribution is -0.121. The minimum absolute atomic E-state index is 0.136. The number of fused-ring (bicyclic) bond motifs is 1. The van der Waals surface area contributed by atoms with Gasteiger partial charge in [-0.05, 0) is 61.2 Å². The van der Waals surface area contributed by atoms with Crippen molar-refractivity contribution in [3.8, 4) is 0 Å². The monoisotopic (exact) mass is 502 g/mol. The number of furan rings is 1. The zero-order chi connectivity index (χ0) is 26.2. The van der Waals surface area contributed by atoms with Crippen LogP contribution in [0.2, 0.25) is 0 Å². The second kappa shape index (κ2) is 12.0. The minimum atomic E-state index is -0.552. The minimum Gasteiger partial charge on any atom is -0.467 e. The number of carbonyl (C=O) groups is 2. The number of aryl methyl sites for hydroxylation is 1. The number of amides is 2. The molecule has 4 rings (SSSR count). The van der Waals surface area contributed by atoms with Crippen molar-refractivity contribution >= 4 is 28.4 Å². The molecule has 2 heterocycles. The summed E-state index contributed by atoms with van der Waals surface area (Å²) in [4.78, 5) is 51.3. The predicted octanol–water partition coefficient (Wildman–Crippen LogP) is 3.44. The first kappa shape index (κ1) is 25.7. The van der Waals surface area contributed by atoms with Crippen LogP contribution in [0.3, 0.4) is 0 Å². The molecular weight excluding hydrogens is 472 g/mol. The highest BCUT2D eigenvalue weighted by Crippen LogP contribution is 2.12. The van der Waals surface area contributed by atoms with E-state index in [-0.39, 0.29) is 31.3 Å². The maximum Gasteiger partial charge on any atom is 0.331 e. The van der Waals surface area contributed by atoms with Gasteiger partial charge >= 0.3 is 5.69 Å². The molecule has 0 aliphatic rings. The zero-order valence-electron chi connectivity index (χ0n) is 20.7. The molecule has 0 spiro atoms. The van der Waals surface area contributed by atoms with Crippen molar-refractivity contribution in [3.05, 3.63) is 99.1 Å². The average Bonchev–Trinajstić information content (AvgIpc) is 3.43. The molecule has 192 valence electrons. The number of unbranched alkanes of at least 4 members (excludes halogenated alkanes) is 1. The number of anilines is 1. The Morgan fingerprint density at radius 2 is 1.76 bits per heavy atom. The first-order valence-corrected chi connectivity index (χ1v) is 12.4. The molecule has 0 unspecified atom stereocenters. The molecule has 37 heavy (non-hydrogen) atoms. The molecule has 0 radical (unpaired) electrons. The van der Waals surface area contributed by atoms with Gasteiger partial charge in [-0.2, -0.15) is 0 Å². The Morgan fingerprint density at radius 3 is 2.54 bits per heavy atom. The number of hydrogen-bond donors (Lipinski definition) is 2. The summed E-state index contributed by atoms with van der Waals surface area (Å²) in [5.74, 6) is 0.168. The number of hydrogen-bond acceptors (Lipinski definition) is 5. The fraction of sp³-hybridized carbons (Fsp3) is 0.286. The lowest BCUT2D eigenvalue weighted by atomic mass is 10.1. The van der Waals surface area contributed by atoms with Crippen molar-refractivity contribution in [2.75, 3.05) is 5.32 Å². The summed E-state index contributed by atoms with van der Waals surface area (Å²) >= 11 is 0. The molecule has 2 N–H and O–H groups in total. The van der Waals surface area contributed by atoms with Crippen molar-refractivity contribution in [1.82, 2.24) is 14.5 Å². The molecular formula is C28H30N4O5. The highest BCUT2D eigenvalue weighted by atomic mass is 16.3. The molecule has 9 nitrogen and oxygen atoms in total. The molecule has 0 saturated carbocycles. The topological polar surface area (TPSA) is 115 Å². The van der Waals surface area contributed by atoms with Gasteiger partial charge in [-0.15, -0.1) is 0 Å². The molecule has 0 aliphatic carbocycles. The molecule has 4 aromatic rings. The molecule has 0 atom stereocenters. The molecule has 2 aromatic carbocycles. The second-order valence-corrected chi connectivity index (χ2v) is 8.76. The molecule has 2 amide bonds. The van der Waals surface area contributed by atoms with E-state index in [1.54, 1.807) is 48.7 Å². The van der Waals surface area contributed by atoms with Crippen molar-refractivity contribution in [3.63, 3.8) is 0 Å². The summed E-state index contributed by atoms with van der Waals surface area (Å²) in [7, 11) is 0. The fourth-order valence-electron chi connectivity index (χ4n) is 4.18. The van der Waals surface area contributed by atoms with E-state index < -0.39 is 11.2 Å². The normalized spacial score (nSPS) is 10.9. The van der Waals surface area contributed by atoms with Crippen LogP contribution in [0.25, 0.3) is 10.9 Å². The van der Waals surface area contributed by atoms with Gasteiger partial charge < -0.3 is 15.1 Å². The number of aromatic nitrogens is 2. The Bertz CT molecular complexity index is 1500. The number of carbonyl (C=O) groups excluding carboxylic acids is 2. The lowest BCUT2D eigenvalue weighted by Gasteiger charge is -2.14. The van der Waals surface area contributed by atoms with Crippen LogP contribution in [0.5, 0.6) is 0 Å². The number of para-hydroxylation sites is 1. The summed E-state index contributed by atoms with van der Waals surface area (Å²) in [5, 5.41) is 5.98. The summed E-state index contributed by atoms with van der Waals surface area (Å²) in [6.45, 7) is 2.26. The van der Waals surface area contributed by atoms with Crippen molar-refractivity contribution < 1.29 is 14.0 Å². The Morgan fingerprint density at radius 1 is 0.919 bits per heavy atom. The van der Waals surface area contributed by atoms with E-state index in [1.807, 2.05) is 25.1 Å². The van der Waals surface area contributed by atoms with E-state index in [9.17, 15) is 19.2 Å². The average molecular weight is 503 g/mol. The van der Waals surface area contributed by atoms with Gasteiger partial charge in [0.05, 0.1) is 23.7 Å². The third kappa shape index (κ3) is 6.43. The van der Waals surface area contributed by atoms with Gasteiger partial charge in [0.15, 0.2) is 0 Å². The third-order valence-electron chi connectivity index (χ3n) is 6.13. The zero-order valence-corrected chi connectivity index (χ0v) is 20.7. The predicted molar refractivity (Wildman–Crippen MR) is 141 cm³/mol. The van der Waals surface area contributed by atoms with E-state index in [4.69, 9.17) is 4.42 Å². The molecule has 0 saturated heterocycles. The van der Waals surface area contributed by atoms with Gasteiger partial charge in [-0.1, -0.05) is 31.2 Å². The smallest absolute Gasteiger partial charge is 0.331 e. The Labute approximate surface area is 213 Å². The van der Waals surface area contributed by atoms with Gasteiger partial charge in [0, 0.05) is 18.7 Å². The number of benzene rings is 2. The molecule has 9 heteroatoms. The van der Waals surface area contributed by atoms with E-state index in [2.05, 4.69) is 10.6 Å². The SMILES string of the molecule is CCc1cccc(NC(=O)Cn2c(=O)n(CCCCC(=O)NCc3ccco3)c(=O)c3ccccc32)c1. The summed E-state index contributed by atoms with van der Waals surface area (Å²) in [6.07, 6.45) is 3.60. The van der Waals surface area contributed by atoms with Crippen LogP contribution in [0, 0.1) is 0 Å². The van der Waals surface area contributed by atoms with Crippen molar-refractivity contribution in [2.24, 2.45) is 0 Å². The molecule has 0 fully saturated rings. The van der Waals surface area contributed by atoms with Crippen LogP contribution >= 0.6 is 0 Å². The Kier molecular flexibility index (Phi) is 8.35. The fourth-order valence-corrected chi connectivity index (χ4v) is 4.18. The van der Waals surface area contributed by atoms with Gasteiger partial charge in [0.2, 0.25) is 11.8 Å². The van der Waals surface area contributed by atoms with Crippen LogP contribution < -0.4 is 21.9 Å². The Balaban J connectivity index is 1.45. The van der Waals surface area contributed by atoms with Gasteiger partial charge in [-0.3, -0.25) is 23.5 Å². The first-order chi connectivity index (χ1) is 18.0. The molecule has 2 aromatic heterocycles. The van der Waals surface area contributed by atoms with Gasteiger partial charge in [0.1, 0.15) is 12.3 Å². The second-order valence-electron chi connectivity index (χ2n) is 8.76. The van der Waals surface area contributed by atoms with E-state index in [0.29, 0.717) is 41.7 Å². The van der Waals surface area contributed by atoms with Crippen molar-refractivity contribution in [2.45, 2.75) is 52.2 Å². The maximum atomic E-state index is 13.3. The van der Waals surface area contributed by atoms with Crippen LogP contribution in [0.4, 0.5) is 5.69 Å². The largest absolute Gasteiger partial charge is 0.467 e. The number of nitrogens with one attached hydrogen (secondary N) is 2. The van der Waals surface area contributed by atoms with Gasteiger partial charge in [-0.25, -0.2) is 4.79 Å². The summed E-state index contributed by atoms with van der Waals surface area (Å²) in [6, 6.07) is 17.8. The van der Waals surface area contributed by atoms with Crippen LogP contribution in [-0.4, -0.2) is 20.9 Å². The molecule has 0 aliphatic heterocycles. The lowest BCUT2D eigenvalue weighted by Crippen LogP contribution is -2.41. The van der Waals surface area contributed by atoms with Crippen LogP contribution in [0.1, 0.15) is 37.5 Å². The standard InChI is InChI=1S/C28H30N4O5/c1-2-20-9-7-10-21(17-20)30-26(34)19-32-24-13-4-3-12-23(24)27(35)31(28(32)36)15-6-5-14-25(33)29-18-22-11-8-16-37-22/h3-4,7-13,16-17H,2,5-6,14-15,18-19H2,1H3,(H,29,33)(H,30,34). The molecule has 0 bridgehead atoms. The van der Waals surface area contributed by atoms with E-state index in [1.165, 1.54) is 4.57 Å².